The second kappa shape index (κ2) is 11.7. The number of carbonyl (C=O) groups is 2. The molecule has 0 spiro atoms. The number of hydrogen-bond donors (Lipinski definition) is 3. The number of hydrogen-bond acceptors (Lipinski definition) is 6. The lowest BCUT2D eigenvalue weighted by molar-refractivity contribution is -0.119. The van der Waals surface area contributed by atoms with Crippen molar-refractivity contribution in [1.82, 2.24) is 9.62 Å². The van der Waals surface area contributed by atoms with Crippen molar-refractivity contribution in [2.45, 2.75) is 42.7 Å². The molecule has 3 aromatic rings. The smallest absolute Gasteiger partial charge is 0.254 e. The Morgan fingerprint density at radius 1 is 1.07 bits per heavy atom. The number of carbonyl (C=O) groups excluding carboxylic acids is 2. The van der Waals surface area contributed by atoms with Crippen LogP contribution in [0.2, 0.25) is 0 Å². The summed E-state index contributed by atoms with van der Waals surface area (Å²) in [5.74, 6) is -1.42. The number of amides is 2. The summed E-state index contributed by atoms with van der Waals surface area (Å²) in [6, 6.07) is 18.0. The molecule has 0 unspecified atom stereocenters. The molecule has 0 radical (unpaired) electrons. The summed E-state index contributed by atoms with van der Waals surface area (Å²) in [6.07, 6.45) is 0.368. The van der Waals surface area contributed by atoms with Gasteiger partial charge in [-0.15, -0.1) is 0 Å². The fourth-order valence-electron chi connectivity index (χ4n) is 4.68. The Morgan fingerprint density at radius 2 is 1.75 bits per heavy atom. The second-order valence-electron chi connectivity index (χ2n) is 10.3. The van der Waals surface area contributed by atoms with Crippen molar-refractivity contribution in [3.8, 4) is 5.75 Å². The average molecular weight is 570 g/mol. The van der Waals surface area contributed by atoms with Crippen LogP contribution in [0.5, 0.6) is 5.75 Å². The summed E-state index contributed by atoms with van der Waals surface area (Å²) >= 11 is 0. The molecule has 2 amide bonds. The highest BCUT2D eigenvalue weighted by Crippen LogP contribution is 2.34. The van der Waals surface area contributed by atoms with Gasteiger partial charge in [-0.2, -0.15) is 0 Å². The number of anilines is 1. The van der Waals surface area contributed by atoms with Gasteiger partial charge in [0.25, 0.3) is 5.91 Å². The predicted molar refractivity (Wildman–Crippen MR) is 148 cm³/mol. The average Bonchev–Trinajstić information content (AvgIpc) is 3.39. The molecule has 9 nitrogen and oxygen atoms in total. The minimum atomic E-state index is -4.05. The molecule has 2 atom stereocenters. The van der Waals surface area contributed by atoms with Crippen LogP contribution in [0.3, 0.4) is 0 Å². The Bertz CT molecular complexity index is 1480. The number of sulfonamides is 1. The van der Waals surface area contributed by atoms with Gasteiger partial charge < -0.3 is 20.1 Å². The van der Waals surface area contributed by atoms with Gasteiger partial charge in [0.2, 0.25) is 15.9 Å². The van der Waals surface area contributed by atoms with Crippen LogP contribution in [0, 0.1) is 5.82 Å². The van der Waals surface area contributed by atoms with Crippen molar-refractivity contribution >= 4 is 27.5 Å². The second-order valence-corrected chi connectivity index (χ2v) is 12.0. The van der Waals surface area contributed by atoms with Crippen LogP contribution in [0.1, 0.15) is 42.1 Å². The van der Waals surface area contributed by atoms with E-state index in [9.17, 15) is 27.5 Å². The minimum Gasteiger partial charge on any atom is -0.495 e. The summed E-state index contributed by atoms with van der Waals surface area (Å²) in [4.78, 5) is 28.3. The van der Waals surface area contributed by atoms with E-state index in [0.29, 0.717) is 13.0 Å². The van der Waals surface area contributed by atoms with E-state index >= 15 is 0 Å². The molecule has 0 saturated carbocycles. The van der Waals surface area contributed by atoms with Crippen LogP contribution in [0.25, 0.3) is 0 Å². The number of ether oxygens (including phenoxy) is 1. The Hall–Kier alpha value is -3.80. The zero-order valence-electron chi connectivity index (χ0n) is 22.4. The van der Waals surface area contributed by atoms with E-state index in [2.05, 4.69) is 10.0 Å². The molecule has 1 aliphatic rings. The Kier molecular flexibility index (Phi) is 8.57. The Morgan fingerprint density at radius 3 is 2.38 bits per heavy atom. The van der Waals surface area contributed by atoms with Gasteiger partial charge in [-0.05, 0) is 62.2 Å². The molecule has 1 saturated heterocycles. The molecule has 11 heteroatoms. The van der Waals surface area contributed by atoms with E-state index in [1.807, 2.05) is 30.3 Å². The molecule has 0 aliphatic carbocycles. The highest BCUT2D eigenvalue weighted by Gasteiger charge is 2.40. The zero-order chi connectivity index (χ0) is 29.1. The monoisotopic (exact) mass is 569 g/mol. The molecular formula is C29H32FN3O6S. The van der Waals surface area contributed by atoms with Gasteiger partial charge in [-0.1, -0.05) is 30.3 Å². The lowest BCUT2D eigenvalue weighted by Crippen LogP contribution is -2.46. The third kappa shape index (κ3) is 6.49. The first kappa shape index (κ1) is 29.2. The number of rotatable bonds is 9. The molecule has 4 rings (SSSR count). The zero-order valence-corrected chi connectivity index (χ0v) is 23.2. The lowest BCUT2D eigenvalue weighted by Gasteiger charge is -2.25. The number of methoxy groups -OCH3 is 1. The molecule has 3 N–H and O–H groups in total. The van der Waals surface area contributed by atoms with Crippen LogP contribution in [0.4, 0.5) is 10.1 Å². The fourth-order valence-corrected chi connectivity index (χ4v) is 6.23. The molecule has 40 heavy (non-hydrogen) atoms. The van der Waals surface area contributed by atoms with Crippen LogP contribution in [-0.2, 0) is 14.8 Å². The molecule has 1 fully saturated rings. The van der Waals surface area contributed by atoms with Crippen LogP contribution < -0.4 is 14.8 Å². The minimum absolute atomic E-state index is 0.00753. The highest BCUT2D eigenvalue weighted by atomic mass is 32.2. The summed E-state index contributed by atoms with van der Waals surface area (Å²) in [5.41, 5.74) is 0.431. The van der Waals surface area contributed by atoms with E-state index in [1.165, 1.54) is 68.3 Å². The van der Waals surface area contributed by atoms with Crippen LogP contribution in [0.15, 0.2) is 77.7 Å². The summed E-state index contributed by atoms with van der Waals surface area (Å²) in [6.45, 7) is 2.95. The molecule has 1 heterocycles. The van der Waals surface area contributed by atoms with Crippen molar-refractivity contribution in [2.75, 3.05) is 25.6 Å². The first-order chi connectivity index (χ1) is 18.9. The van der Waals surface area contributed by atoms with Crippen molar-refractivity contribution in [1.29, 1.82) is 0 Å². The van der Waals surface area contributed by atoms with Gasteiger partial charge >= 0.3 is 0 Å². The molecule has 0 aromatic heterocycles. The third-order valence-electron chi connectivity index (χ3n) is 6.75. The highest BCUT2D eigenvalue weighted by molar-refractivity contribution is 7.89. The lowest BCUT2D eigenvalue weighted by atomic mass is 9.96. The fraction of sp³-hybridized carbons (Fsp3) is 0.310. The molecule has 212 valence electrons. The van der Waals surface area contributed by atoms with Crippen LogP contribution in [-0.4, -0.2) is 62.1 Å². The van der Waals surface area contributed by atoms with Gasteiger partial charge in [0, 0.05) is 29.8 Å². The Labute approximate surface area is 233 Å². The third-order valence-corrected chi connectivity index (χ3v) is 8.49. The molecule has 1 aliphatic heterocycles. The van der Waals surface area contributed by atoms with Crippen molar-refractivity contribution in [3.63, 3.8) is 0 Å². The van der Waals surface area contributed by atoms with Gasteiger partial charge in [-0.25, -0.2) is 17.5 Å². The largest absolute Gasteiger partial charge is 0.495 e. The quantitative estimate of drug-likeness (QED) is 0.362. The number of nitrogens with zero attached hydrogens (tertiary/aromatic N) is 1. The van der Waals surface area contributed by atoms with Crippen LogP contribution >= 0.6 is 0 Å². The summed E-state index contributed by atoms with van der Waals surface area (Å²) < 4.78 is 47.0. The number of likely N-dealkylation sites (tertiary alicyclic amines) is 1. The molecule has 0 bridgehead atoms. The summed E-state index contributed by atoms with van der Waals surface area (Å²) in [5, 5.41) is 12.3. The maximum atomic E-state index is 13.5. The summed E-state index contributed by atoms with van der Waals surface area (Å²) in [7, 11) is -2.75. The first-order valence-corrected chi connectivity index (χ1v) is 14.2. The Balaban J connectivity index is 1.60. The normalized spacial score (nSPS) is 17.5. The van der Waals surface area contributed by atoms with E-state index in [0.717, 1.165) is 5.56 Å². The number of aliphatic hydroxyl groups is 1. The van der Waals surface area contributed by atoms with Gasteiger partial charge in [0.1, 0.15) is 22.5 Å². The molecule has 3 aromatic carbocycles. The number of nitrogens with one attached hydrogen (secondary N) is 2. The topological polar surface area (TPSA) is 125 Å². The predicted octanol–water partition coefficient (Wildman–Crippen LogP) is 3.52. The molecular weight excluding hydrogens is 537 g/mol. The van der Waals surface area contributed by atoms with E-state index in [-0.39, 0.29) is 27.8 Å². The number of benzene rings is 3. The number of halogens is 1. The van der Waals surface area contributed by atoms with Crippen molar-refractivity contribution in [2.24, 2.45) is 0 Å². The van der Waals surface area contributed by atoms with E-state index in [4.69, 9.17) is 4.74 Å². The van der Waals surface area contributed by atoms with Crippen molar-refractivity contribution < 1.29 is 32.2 Å². The van der Waals surface area contributed by atoms with Gasteiger partial charge in [-0.3, -0.25) is 9.59 Å². The maximum absolute atomic E-state index is 13.5. The standard InChI is InChI=1S/C29H32FN3O6S/c1-29(2,18-34)32-40(37,38)26-14-13-23(16-25(26)39-3)31-27(35)24-15-21(19-7-5-4-6-8-19)17-33(24)28(36)20-9-11-22(30)12-10-20/h4-14,16,21,24,32,34H,15,17-18H2,1-3H3,(H,31,35)/t21-,24+/m1/s1. The van der Waals surface area contributed by atoms with E-state index in [1.54, 1.807) is 0 Å². The first-order valence-electron chi connectivity index (χ1n) is 12.7. The van der Waals surface area contributed by atoms with Gasteiger partial charge in [0.15, 0.2) is 0 Å². The maximum Gasteiger partial charge on any atom is 0.254 e. The van der Waals surface area contributed by atoms with Gasteiger partial charge in [0.05, 0.1) is 19.3 Å². The number of aliphatic hydroxyl groups excluding tert-OH is 1. The SMILES string of the molecule is COc1cc(NC(=O)[C@@H]2C[C@@H](c3ccccc3)CN2C(=O)c2ccc(F)cc2)ccc1S(=O)(=O)NC(C)(C)CO. The van der Waals surface area contributed by atoms with Crippen molar-refractivity contribution in [3.05, 3.63) is 89.7 Å². The van der Waals surface area contributed by atoms with E-state index < -0.39 is 45.8 Å².